The third-order valence-electron chi connectivity index (χ3n) is 3.38. The number of thioether (sulfide) groups is 1. The van der Waals surface area contributed by atoms with E-state index >= 15 is 0 Å². The van der Waals surface area contributed by atoms with Gasteiger partial charge >= 0.3 is 0 Å². The van der Waals surface area contributed by atoms with Crippen molar-refractivity contribution < 1.29 is 0 Å². The lowest BCUT2D eigenvalue weighted by molar-refractivity contribution is 0.715. The van der Waals surface area contributed by atoms with Gasteiger partial charge in [0.1, 0.15) is 5.52 Å². The van der Waals surface area contributed by atoms with Crippen LogP contribution in [0.15, 0.2) is 45.1 Å². The van der Waals surface area contributed by atoms with Crippen molar-refractivity contribution in [1.82, 2.24) is 19.7 Å². The van der Waals surface area contributed by atoms with Crippen molar-refractivity contribution in [3.05, 3.63) is 56.6 Å². The van der Waals surface area contributed by atoms with Crippen molar-refractivity contribution in [3.8, 4) is 0 Å². The topological polar surface area (TPSA) is 83.5 Å². The lowest BCUT2D eigenvalue weighted by Gasteiger charge is -2.09. The third kappa shape index (κ3) is 3.24. The molecule has 0 saturated heterocycles. The Morgan fingerprint density at radius 3 is 2.52 bits per heavy atom. The second kappa shape index (κ2) is 6.45. The second-order valence-corrected chi connectivity index (χ2v) is 6.76. The van der Waals surface area contributed by atoms with Gasteiger partial charge in [0.25, 0.3) is 11.1 Å². The van der Waals surface area contributed by atoms with Crippen LogP contribution in [0.25, 0.3) is 11.0 Å². The molecule has 0 fully saturated rings. The average molecular weight is 330 g/mol. The van der Waals surface area contributed by atoms with Gasteiger partial charge in [-0.25, -0.2) is 4.98 Å². The van der Waals surface area contributed by atoms with Crippen molar-refractivity contribution in [2.75, 3.05) is 5.75 Å². The van der Waals surface area contributed by atoms with Crippen LogP contribution in [-0.2, 0) is 6.54 Å². The number of aromatic amines is 2. The summed E-state index contributed by atoms with van der Waals surface area (Å²) >= 11 is 1.56. The summed E-state index contributed by atoms with van der Waals surface area (Å²) in [6.07, 6.45) is 0. The first-order chi connectivity index (χ1) is 11.1. The highest BCUT2D eigenvalue weighted by molar-refractivity contribution is 7.99. The number of nitrogens with one attached hydrogen (secondary N) is 2. The quantitative estimate of drug-likeness (QED) is 0.703. The predicted octanol–water partition coefficient (Wildman–Crippen LogP) is 2.21. The van der Waals surface area contributed by atoms with Crippen LogP contribution < -0.4 is 11.1 Å². The molecule has 0 spiro atoms. The van der Waals surface area contributed by atoms with Crippen molar-refractivity contribution in [2.24, 2.45) is 5.92 Å². The highest BCUT2D eigenvalue weighted by Gasteiger charge is 2.17. The zero-order valence-electron chi connectivity index (χ0n) is 13.0. The maximum Gasteiger partial charge on any atom is 0.290 e. The molecule has 3 rings (SSSR count). The first-order valence-corrected chi connectivity index (χ1v) is 8.42. The van der Waals surface area contributed by atoms with Crippen LogP contribution >= 0.6 is 11.8 Å². The van der Waals surface area contributed by atoms with Crippen LogP contribution in [0.4, 0.5) is 0 Å². The highest BCUT2D eigenvalue weighted by Crippen LogP contribution is 2.23. The smallest absolute Gasteiger partial charge is 0.290 e. The predicted molar refractivity (Wildman–Crippen MR) is 92.1 cm³/mol. The summed E-state index contributed by atoms with van der Waals surface area (Å²) in [5.41, 5.74) is 0.856. The molecule has 0 aliphatic heterocycles. The summed E-state index contributed by atoms with van der Waals surface area (Å²) in [4.78, 5) is 28.6. The zero-order chi connectivity index (χ0) is 16.4. The second-order valence-electron chi connectivity index (χ2n) is 5.78. The van der Waals surface area contributed by atoms with Gasteiger partial charge in [-0.1, -0.05) is 55.9 Å². The largest absolute Gasteiger partial charge is 0.310 e. The van der Waals surface area contributed by atoms with Gasteiger partial charge in [-0.3, -0.25) is 19.8 Å². The zero-order valence-corrected chi connectivity index (χ0v) is 13.8. The Balaban J connectivity index is 2.15. The van der Waals surface area contributed by atoms with E-state index in [-0.39, 0.29) is 16.6 Å². The molecule has 0 atom stereocenters. The van der Waals surface area contributed by atoms with E-state index in [1.807, 2.05) is 34.9 Å². The first kappa shape index (κ1) is 15.6. The van der Waals surface area contributed by atoms with Crippen molar-refractivity contribution in [1.29, 1.82) is 0 Å². The summed E-state index contributed by atoms with van der Waals surface area (Å²) in [6, 6.07) is 9.83. The average Bonchev–Trinajstić information content (AvgIpc) is 2.90. The number of fused-ring (bicyclic) bond motifs is 1. The van der Waals surface area contributed by atoms with Gasteiger partial charge in [-0.15, -0.1) is 0 Å². The molecule has 0 saturated carbocycles. The van der Waals surface area contributed by atoms with Crippen LogP contribution in [0.1, 0.15) is 19.4 Å². The van der Waals surface area contributed by atoms with Gasteiger partial charge in [0, 0.05) is 5.75 Å². The molecule has 7 heteroatoms. The summed E-state index contributed by atoms with van der Waals surface area (Å²) in [5, 5.41) is 5.41. The monoisotopic (exact) mass is 330 g/mol. The third-order valence-corrected chi connectivity index (χ3v) is 4.78. The van der Waals surface area contributed by atoms with E-state index in [0.717, 1.165) is 11.3 Å². The van der Waals surface area contributed by atoms with Gasteiger partial charge in [0.2, 0.25) is 0 Å². The van der Waals surface area contributed by atoms with Crippen molar-refractivity contribution in [2.45, 2.75) is 25.5 Å². The minimum absolute atomic E-state index is 0.191. The van der Waals surface area contributed by atoms with E-state index in [4.69, 9.17) is 0 Å². The number of H-pyrrole nitrogens is 2. The maximum absolute atomic E-state index is 12.2. The molecule has 2 aromatic heterocycles. The number of aromatic nitrogens is 4. The Kier molecular flexibility index (Phi) is 4.38. The summed E-state index contributed by atoms with van der Waals surface area (Å²) in [7, 11) is 0. The molecule has 120 valence electrons. The minimum Gasteiger partial charge on any atom is -0.310 e. The molecule has 0 radical (unpaired) electrons. The lowest BCUT2D eigenvalue weighted by atomic mass is 10.2. The molecule has 0 bridgehead atoms. The summed E-state index contributed by atoms with van der Waals surface area (Å²) in [5.74, 6) is 1.36. The fourth-order valence-corrected chi connectivity index (χ4v) is 3.27. The molecule has 0 amide bonds. The van der Waals surface area contributed by atoms with E-state index in [1.165, 1.54) is 0 Å². The molecular weight excluding hydrogens is 312 g/mol. The van der Waals surface area contributed by atoms with Gasteiger partial charge in [0.05, 0.1) is 6.54 Å². The van der Waals surface area contributed by atoms with Crippen LogP contribution in [0.5, 0.6) is 0 Å². The van der Waals surface area contributed by atoms with Gasteiger partial charge in [0.15, 0.2) is 10.7 Å². The molecule has 1 aromatic carbocycles. The number of nitrogens with zero attached hydrogens (tertiary/aromatic N) is 2. The summed E-state index contributed by atoms with van der Waals surface area (Å²) in [6.45, 7) is 4.75. The fourth-order valence-electron chi connectivity index (χ4n) is 2.32. The number of benzene rings is 1. The summed E-state index contributed by atoms with van der Waals surface area (Å²) < 4.78 is 1.83. The van der Waals surface area contributed by atoms with Crippen LogP contribution in [0.2, 0.25) is 0 Å². The number of imidazole rings is 1. The molecule has 23 heavy (non-hydrogen) atoms. The van der Waals surface area contributed by atoms with E-state index in [2.05, 4.69) is 29.0 Å². The molecule has 0 aliphatic carbocycles. The fraction of sp³-hybridized carbons (Fsp3) is 0.312. The van der Waals surface area contributed by atoms with Crippen LogP contribution in [-0.4, -0.2) is 25.5 Å². The normalized spacial score (nSPS) is 11.4. The lowest BCUT2D eigenvalue weighted by Crippen LogP contribution is -2.21. The standard InChI is InChI=1S/C16H18N4O2S/c1-10(2)9-23-16-17-12-13(15(22)19-18-14(12)21)20(16)8-11-6-4-3-5-7-11/h3-7,10H,8-9H2,1-2H3,(H,18,21)(H,19,22). The number of hydrogen-bond acceptors (Lipinski definition) is 4. The van der Waals surface area contributed by atoms with E-state index in [0.29, 0.717) is 23.1 Å². The number of rotatable bonds is 5. The molecule has 2 N–H and O–H groups in total. The Labute approximate surface area is 136 Å². The molecule has 0 aliphatic rings. The molecule has 3 aromatic rings. The molecule has 2 heterocycles. The van der Waals surface area contributed by atoms with Gasteiger partial charge in [-0.2, -0.15) is 0 Å². The van der Waals surface area contributed by atoms with Crippen LogP contribution in [0, 0.1) is 5.92 Å². The number of hydrogen-bond donors (Lipinski definition) is 2. The van der Waals surface area contributed by atoms with Crippen molar-refractivity contribution >= 4 is 22.8 Å². The van der Waals surface area contributed by atoms with Crippen LogP contribution in [0.3, 0.4) is 0 Å². The SMILES string of the molecule is CC(C)CSc1nc2c(=O)[nH][nH]c(=O)c2n1Cc1ccccc1. The Bertz CT molecular complexity index is 925. The highest BCUT2D eigenvalue weighted by atomic mass is 32.2. The maximum atomic E-state index is 12.2. The van der Waals surface area contributed by atoms with Gasteiger partial charge in [-0.05, 0) is 11.5 Å². The first-order valence-electron chi connectivity index (χ1n) is 7.44. The van der Waals surface area contributed by atoms with Gasteiger partial charge < -0.3 is 4.57 Å². The molecule has 6 nitrogen and oxygen atoms in total. The molecular formula is C16H18N4O2S. The van der Waals surface area contributed by atoms with E-state index in [1.54, 1.807) is 11.8 Å². The minimum atomic E-state index is -0.377. The Morgan fingerprint density at radius 1 is 1.13 bits per heavy atom. The Hall–Kier alpha value is -2.28. The molecule has 0 unspecified atom stereocenters. The van der Waals surface area contributed by atoms with Crippen molar-refractivity contribution in [3.63, 3.8) is 0 Å². The van der Waals surface area contributed by atoms with E-state index < -0.39 is 0 Å². The van der Waals surface area contributed by atoms with E-state index in [9.17, 15) is 9.59 Å². The Morgan fingerprint density at radius 2 is 1.83 bits per heavy atom.